The molecule has 0 bridgehead atoms. The number of nitrogens with two attached hydrogens (primary N) is 1. The van der Waals surface area contributed by atoms with Crippen molar-refractivity contribution in [3.8, 4) is 0 Å². The van der Waals surface area contributed by atoms with Crippen LogP contribution in [0.25, 0.3) is 0 Å². The van der Waals surface area contributed by atoms with Crippen molar-refractivity contribution in [3.05, 3.63) is 0 Å². The van der Waals surface area contributed by atoms with Gasteiger partial charge in [-0.2, -0.15) is 0 Å². The predicted octanol–water partition coefficient (Wildman–Crippen LogP) is 0.315. The molecule has 7 heavy (non-hydrogen) atoms. The lowest BCUT2D eigenvalue weighted by atomic mass is 10.5. The smallest absolute Gasteiger partial charge is 0.139 e. The summed E-state index contributed by atoms with van der Waals surface area (Å²) in [6.45, 7) is 1.91. The van der Waals surface area contributed by atoms with Gasteiger partial charge in [-0.3, -0.25) is 0 Å². The standard InChI is InChI=1S/C4H10N2O/c1-3-4(5)6-7-2/h3H2,1-2H3,(H2,5,6). The molecule has 0 aromatic carbocycles. The van der Waals surface area contributed by atoms with Crippen LogP contribution in [0.3, 0.4) is 0 Å². The van der Waals surface area contributed by atoms with Crippen molar-refractivity contribution in [1.82, 2.24) is 0 Å². The fourth-order valence-electron chi connectivity index (χ4n) is 0.182. The van der Waals surface area contributed by atoms with Crippen molar-refractivity contribution in [1.29, 1.82) is 0 Å². The maximum absolute atomic E-state index is 5.21. The molecular weight excluding hydrogens is 92.1 g/mol. The van der Waals surface area contributed by atoms with Crippen molar-refractivity contribution < 1.29 is 4.84 Å². The summed E-state index contributed by atoms with van der Waals surface area (Å²) in [7, 11) is 1.47. The Morgan fingerprint density at radius 1 is 1.86 bits per heavy atom. The van der Waals surface area contributed by atoms with Gasteiger partial charge in [0.15, 0.2) is 0 Å². The van der Waals surface area contributed by atoms with E-state index in [1.54, 1.807) is 0 Å². The highest BCUT2D eigenvalue weighted by Gasteiger charge is 1.80. The second-order valence-corrected chi connectivity index (χ2v) is 1.12. The first-order chi connectivity index (χ1) is 3.31. The van der Waals surface area contributed by atoms with Crippen LogP contribution in [-0.2, 0) is 4.84 Å². The van der Waals surface area contributed by atoms with E-state index in [1.165, 1.54) is 7.11 Å². The molecule has 0 rings (SSSR count). The Labute approximate surface area is 43.1 Å². The molecule has 0 unspecified atom stereocenters. The lowest BCUT2D eigenvalue weighted by Crippen LogP contribution is -2.09. The average molecular weight is 102 g/mol. The van der Waals surface area contributed by atoms with E-state index >= 15 is 0 Å². The lowest BCUT2D eigenvalue weighted by molar-refractivity contribution is 0.212. The second-order valence-electron chi connectivity index (χ2n) is 1.12. The van der Waals surface area contributed by atoms with Gasteiger partial charge in [0.25, 0.3) is 0 Å². The Bertz CT molecular complexity index is 70.1. The molecule has 0 aliphatic rings. The molecule has 0 amide bonds. The molecule has 3 nitrogen and oxygen atoms in total. The van der Waals surface area contributed by atoms with E-state index in [2.05, 4.69) is 9.99 Å². The number of hydrogen-bond donors (Lipinski definition) is 1. The minimum Gasteiger partial charge on any atom is -0.398 e. The normalized spacial score (nSPS) is 11.4. The zero-order valence-corrected chi connectivity index (χ0v) is 4.64. The summed E-state index contributed by atoms with van der Waals surface area (Å²) in [5.41, 5.74) is 5.21. The van der Waals surface area contributed by atoms with Crippen LogP contribution >= 0.6 is 0 Å². The highest BCUT2D eigenvalue weighted by molar-refractivity contribution is 5.79. The zero-order valence-electron chi connectivity index (χ0n) is 4.64. The van der Waals surface area contributed by atoms with Gasteiger partial charge in [-0.05, 0) is 0 Å². The zero-order chi connectivity index (χ0) is 5.70. The first kappa shape index (κ1) is 6.27. The average Bonchev–Trinajstić information content (AvgIpc) is 1.68. The largest absolute Gasteiger partial charge is 0.398 e. The van der Waals surface area contributed by atoms with Gasteiger partial charge in [-0.25, -0.2) is 0 Å². The first-order valence-corrected chi connectivity index (χ1v) is 2.16. The summed E-state index contributed by atoms with van der Waals surface area (Å²) in [5.74, 6) is 0.530. The van der Waals surface area contributed by atoms with Crippen molar-refractivity contribution in [2.75, 3.05) is 7.11 Å². The molecule has 0 atom stereocenters. The molecule has 0 heterocycles. The Hall–Kier alpha value is -0.730. The summed E-state index contributed by atoms with van der Waals surface area (Å²) in [4.78, 5) is 4.36. The van der Waals surface area contributed by atoms with Crippen LogP contribution in [0.5, 0.6) is 0 Å². The quantitative estimate of drug-likeness (QED) is 0.310. The molecule has 0 spiro atoms. The van der Waals surface area contributed by atoms with Gasteiger partial charge >= 0.3 is 0 Å². The van der Waals surface area contributed by atoms with Crippen LogP contribution in [0.1, 0.15) is 13.3 Å². The van der Waals surface area contributed by atoms with Crippen LogP contribution < -0.4 is 5.73 Å². The Kier molecular flexibility index (Phi) is 3.10. The molecule has 0 radical (unpaired) electrons. The molecule has 0 aliphatic heterocycles. The summed E-state index contributed by atoms with van der Waals surface area (Å²) in [5, 5.41) is 3.44. The molecule has 42 valence electrons. The van der Waals surface area contributed by atoms with Crippen LogP contribution in [0.15, 0.2) is 5.16 Å². The molecule has 0 aromatic heterocycles. The van der Waals surface area contributed by atoms with Gasteiger partial charge in [0.2, 0.25) is 0 Å². The van der Waals surface area contributed by atoms with E-state index in [0.29, 0.717) is 5.84 Å². The fraction of sp³-hybridized carbons (Fsp3) is 0.750. The summed E-state index contributed by atoms with van der Waals surface area (Å²) >= 11 is 0. The van der Waals surface area contributed by atoms with E-state index in [4.69, 9.17) is 5.73 Å². The fourth-order valence-corrected chi connectivity index (χ4v) is 0.182. The molecular formula is C4H10N2O. The monoisotopic (exact) mass is 102 g/mol. The molecule has 0 saturated carbocycles. The van der Waals surface area contributed by atoms with Gasteiger partial charge in [-0.1, -0.05) is 12.1 Å². The molecule has 0 aliphatic carbocycles. The number of rotatable bonds is 2. The Balaban J connectivity index is 3.29. The molecule has 0 aromatic rings. The van der Waals surface area contributed by atoms with Crippen molar-refractivity contribution in [2.24, 2.45) is 10.9 Å². The van der Waals surface area contributed by atoms with Gasteiger partial charge in [0.05, 0.1) is 0 Å². The van der Waals surface area contributed by atoms with Crippen molar-refractivity contribution in [3.63, 3.8) is 0 Å². The summed E-state index contributed by atoms with van der Waals surface area (Å²) < 4.78 is 0. The molecule has 0 fully saturated rings. The van der Waals surface area contributed by atoms with Crippen LogP contribution in [0.2, 0.25) is 0 Å². The minimum absolute atomic E-state index is 0.530. The van der Waals surface area contributed by atoms with Crippen LogP contribution in [-0.4, -0.2) is 12.9 Å². The van der Waals surface area contributed by atoms with Gasteiger partial charge in [0.1, 0.15) is 12.9 Å². The maximum Gasteiger partial charge on any atom is 0.139 e. The second kappa shape index (κ2) is 3.46. The van der Waals surface area contributed by atoms with Gasteiger partial charge in [-0.15, -0.1) is 0 Å². The summed E-state index contributed by atoms with van der Waals surface area (Å²) in [6, 6.07) is 0. The van der Waals surface area contributed by atoms with Crippen molar-refractivity contribution >= 4 is 5.84 Å². The third kappa shape index (κ3) is 3.09. The third-order valence-electron chi connectivity index (χ3n) is 0.571. The third-order valence-corrected chi connectivity index (χ3v) is 0.571. The lowest BCUT2D eigenvalue weighted by Gasteiger charge is -1.89. The van der Waals surface area contributed by atoms with E-state index in [-0.39, 0.29) is 0 Å². The van der Waals surface area contributed by atoms with Crippen molar-refractivity contribution in [2.45, 2.75) is 13.3 Å². The molecule has 0 saturated heterocycles. The van der Waals surface area contributed by atoms with Crippen LogP contribution in [0.4, 0.5) is 0 Å². The maximum atomic E-state index is 5.21. The van der Waals surface area contributed by atoms with Gasteiger partial charge < -0.3 is 10.6 Å². The number of nitrogens with zero attached hydrogens (tertiary/aromatic N) is 1. The van der Waals surface area contributed by atoms with E-state index in [0.717, 1.165) is 6.42 Å². The molecule has 2 N–H and O–H groups in total. The predicted molar refractivity (Wildman–Crippen MR) is 28.9 cm³/mol. The summed E-state index contributed by atoms with van der Waals surface area (Å²) in [6.07, 6.45) is 0.744. The minimum atomic E-state index is 0.530. The SMILES string of the molecule is CC/C(N)=N/OC. The first-order valence-electron chi connectivity index (χ1n) is 2.16. The Morgan fingerprint density at radius 3 is 2.57 bits per heavy atom. The topological polar surface area (TPSA) is 47.6 Å². The number of hydrogen-bond acceptors (Lipinski definition) is 2. The Morgan fingerprint density at radius 2 is 2.43 bits per heavy atom. The van der Waals surface area contributed by atoms with Crippen LogP contribution in [0, 0.1) is 0 Å². The number of amidine groups is 1. The highest BCUT2D eigenvalue weighted by atomic mass is 16.6. The molecule has 3 heteroatoms. The van der Waals surface area contributed by atoms with E-state index < -0.39 is 0 Å². The van der Waals surface area contributed by atoms with Gasteiger partial charge in [0, 0.05) is 6.42 Å². The number of oxime groups is 1. The van der Waals surface area contributed by atoms with E-state index in [9.17, 15) is 0 Å². The highest BCUT2D eigenvalue weighted by Crippen LogP contribution is 1.75. The van der Waals surface area contributed by atoms with E-state index in [1.807, 2.05) is 6.92 Å².